The highest BCUT2D eigenvalue weighted by Crippen LogP contribution is 2.53. The SMILES string of the molecule is COC(=O)c1cnc2c(c1)CCN(CC13CC4CC(CC(C4)O1)C3)C2. The van der Waals surface area contributed by atoms with Crippen molar-refractivity contribution >= 4 is 5.97 Å². The monoisotopic (exact) mass is 342 g/mol. The van der Waals surface area contributed by atoms with Gasteiger partial charge in [0.1, 0.15) is 0 Å². The van der Waals surface area contributed by atoms with E-state index in [0.29, 0.717) is 11.7 Å². The van der Waals surface area contributed by atoms with Gasteiger partial charge in [-0.1, -0.05) is 0 Å². The summed E-state index contributed by atoms with van der Waals surface area (Å²) in [6.07, 6.45) is 9.62. The van der Waals surface area contributed by atoms with Crippen molar-refractivity contribution in [1.29, 1.82) is 0 Å². The minimum absolute atomic E-state index is 0.0954. The largest absolute Gasteiger partial charge is 0.465 e. The molecule has 0 amide bonds. The molecule has 4 fully saturated rings. The summed E-state index contributed by atoms with van der Waals surface area (Å²) >= 11 is 0. The van der Waals surface area contributed by atoms with Crippen LogP contribution in [0.3, 0.4) is 0 Å². The molecule has 0 aromatic carbocycles. The Bertz CT molecular complexity index is 667. The van der Waals surface area contributed by atoms with Gasteiger partial charge in [0.2, 0.25) is 0 Å². The minimum atomic E-state index is -0.306. The van der Waals surface area contributed by atoms with E-state index in [0.717, 1.165) is 43.6 Å². The quantitative estimate of drug-likeness (QED) is 0.790. The molecule has 2 saturated heterocycles. The number of hydrogen-bond donors (Lipinski definition) is 0. The van der Waals surface area contributed by atoms with Crippen LogP contribution in [0.1, 0.15) is 53.7 Å². The highest BCUT2D eigenvalue weighted by molar-refractivity contribution is 5.89. The molecule has 4 heterocycles. The zero-order chi connectivity index (χ0) is 17.0. The molecule has 5 nitrogen and oxygen atoms in total. The van der Waals surface area contributed by atoms with E-state index in [1.54, 1.807) is 6.20 Å². The molecule has 5 aliphatic rings. The Morgan fingerprint density at radius 3 is 2.88 bits per heavy atom. The molecule has 134 valence electrons. The minimum Gasteiger partial charge on any atom is -0.465 e. The first-order valence-electron chi connectivity index (χ1n) is 9.59. The van der Waals surface area contributed by atoms with Gasteiger partial charge in [-0.25, -0.2) is 4.79 Å². The molecule has 2 aliphatic carbocycles. The highest BCUT2D eigenvalue weighted by Gasteiger charge is 2.52. The molecule has 3 aliphatic heterocycles. The summed E-state index contributed by atoms with van der Waals surface area (Å²) in [7, 11) is 1.41. The summed E-state index contributed by atoms with van der Waals surface area (Å²) < 4.78 is 11.3. The van der Waals surface area contributed by atoms with Crippen molar-refractivity contribution in [2.75, 3.05) is 20.2 Å². The van der Waals surface area contributed by atoms with Crippen molar-refractivity contribution in [3.63, 3.8) is 0 Å². The summed E-state index contributed by atoms with van der Waals surface area (Å²) in [6, 6.07) is 1.95. The van der Waals surface area contributed by atoms with E-state index in [1.807, 2.05) is 6.07 Å². The van der Waals surface area contributed by atoms with Gasteiger partial charge >= 0.3 is 5.97 Å². The fourth-order valence-corrected chi connectivity index (χ4v) is 5.92. The van der Waals surface area contributed by atoms with Crippen LogP contribution < -0.4 is 0 Å². The van der Waals surface area contributed by atoms with Gasteiger partial charge in [0.25, 0.3) is 0 Å². The Kier molecular flexibility index (Phi) is 3.64. The lowest BCUT2D eigenvalue weighted by atomic mass is 9.62. The molecule has 25 heavy (non-hydrogen) atoms. The Labute approximate surface area is 148 Å². The lowest BCUT2D eigenvalue weighted by molar-refractivity contribution is -0.226. The Hall–Kier alpha value is -1.46. The molecule has 5 heteroatoms. The van der Waals surface area contributed by atoms with Crippen LogP contribution in [0.25, 0.3) is 0 Å². The van der Waals surface area contributed by atoms with Gasteiger partial charge < -0.3 is 9.47 Å². The van der Waals surface area contributed by atoms with Gasteiger partial charge in [0.05, 0.1) is 30.1 Å². The zero-order valence-electron chi connectivity index (χ0n) is 14.9. The fourth-order valence-electron chi connectivity index (χ4n) is 5.92. The second-order valence-corrected chi connectivity index (χ2v) is 8.55. The van der Waals surface area contributed by atoms with Gasteiger partial charge in [0, 0.05) is 25.8 Å². The third-order valence-electron chi connectivity index (χ3n) is 6.66. The number of esters is 1. The van der Waals surface area contributed by atoms with Gasteiger partial charge in [-0.3, -0.25) is 9.88 Å². The van der Waals surface area contributed by atoms with Gasteiger partial charge in [-0.15, -0.1) is 0 Å². The van der Waals surface area contributed by atoms with Crippen molar-refractivity contribution in [2.24, 2.45) is 11.8 Å². The Morgan fingerprint density at radius 2 is 2.16 bits per heavy atom. The zero-order valence-corrected chi connectivity index (χ0v) is 14.9. The summed E-state index contributed by atoms with van der Waals surface area (Å²) in [5.74, 6) is 1.48. The van der Waals surface area contributed by atoms with E-state index >= 15 is 0 Å². The molecule has 0 N–H and O–H groups in total. The Balaban J connectivity index is 1.31. The molecule has 2 saturated carbocycles. The van der Waals surface area contributed by atoms with Crippen LogP contribution in [0.5, 0.6) is 0 Å². The summed E-state index contributed by atoms with van der Waals surface area (Å²) in [6.45, 7) is 2.92. The second-order valence-electron chi connectivity index (χ2n) is 8.55. The maximum Gasteiger partial charge on any atom is 0.339 e. The van der Waals surface area contributed by atoms with Crippen LogP contribution >= 0.6 is 0 Å². The van der Waals surface area contributed by atoms with Gasteiger partial charge in [0.15, 0.2) is 0 Å². The number of hydrogen-bond acceptors (Lipinski definition) is 5. The molecule has 2 atom stereocenters. The third-order valence-corrected chi connectivity index (χ3v) is 6.66. The molecule has 0 radical (unpaired) electrons. The average Bonchev–Trinajstić information content (AvgIpc) is 2.59. The van der Waals surface area contributed by atoms with Crippen molar-refractivity contribution < 1.29 is 14.3 Å². The fraction of sp³-hybridized carbons (Fsp3) is 0.700. The third kappa shape index (κ3) is 2.77. The number of methoxy groups -OCH3 is 1. The number of rotatable bonds is 3. The lowest BCUT2D eigenvalue weighted by Crippen LogP contribution is -2.59. The number of carbonyl (C=O) groups excluding carboxylic acids is 1. The highest BCUT2D eigenvalue weighted by atomic mass is 16.5. The first-order valence-corrected chi connectivity index (χ1v) is 9.59. The molecule has 0 spiro atoms. The summed E-state index contributed by atoms with van der Waals surface area (Å²) in [5, 5.41) is 0. The van der Waals surface area contributed by atoms with Crippen LogP contribution in [0.2, 0.25) is 0 Å². The molecule has 2 unspecified atom stereocenters. The van der Waals surface area contributed by atoms with Crippen molar-refractivity contribution in [3.05, 3.63) is 29.1 Å². The number of carbonyl (C=O) groups is 1. The normalized spacial score (nSPS) is 36.3. The van der Waals surface area contributed by atoms with Crippen LogP contribution in [0, 0.1) is 11.8 Å². The smallest absolute Gasteiger partial charge is 0.339 e. The van der Waals surface area contributed by atoms with Crippen LogP contribution in [0.4, 0.5) is 0 Å². The molecular weight excluding hydrogens is 316 g/mol. The number of fused-ring (bicyclic) bond motifs is 1. The molecule has 6 rings (SSSR count). The van der Waals surface area contributed by atoms with Crippen LogP contribution in [0.15, 0.2) is 12.3 Å². The van der Waals surface area contributed by atoms with Gasteiger partial charge in [-0.2, -0.15) is 0 Å². The number of ether oxygens (including phenoxy) is 2. The van der Waals surface area contributed by atoms with E-state index in [9.17, 15) is 4.79 Å². The maximum absolute atomic E-state index is 11.7. The standard InChI is InChI=1S/C20H26N2O3/c1-24-19(23)16-7-15-2-3-22(11-18(15)21-10-16)12-20-8-13-4-14(9-20)6-17(5-13)25-20/h7,10,13-14,17H,2-6,8-9,11-12H2,1H3. The first kappa shape index (κ1) is 15.8. The molecular formula is C20H26N2O3. The van der Waals surface area contributed by atoms with Crippen molar-refractivity contribution in [3.8, 4) is 0 Å². The predicted octanol–water partition coefficient (Wildman–Crippen LogP) is 2.57. The lowest BCUT2D eigenvalue weighted by Gasteiger charge is -2.57. The van der Waals surface area contributed by atoms with Crippen molar-refractivity contribution in [1.82, 2.24) is 9.88 Å². The van der Waals surface area contributed by atoms with E-state index in [2.05, 4.69) is 9.88 Å². The van der Waals surface area contributed by atoms with E-state index in [-0.39, 0.29) is 11.6 Å². The van der Waals surface area contributed by atoms with E-state index in [1.165, 1.54) is 44.8 Å². The molecule has 1 aromatic heterocycles. The second kappa shape index (κ2) is 5.78. The predicted molar refractivity (Wildman–Crippen MR) is 92.2 cm³/mol. The topological polar surface area (TPSA) is 51.7 Å². The van der Waals surface area contributed by atoms with Crippen LogP contribution in [-0.4, -0.2) is 47.8 Å². The number of aromatic nitrogens is 1. The maximum atomic E-state index is 11.7. The molecule has 4 bridgehead atoms. The molecule has 1 aromatic rings. The van der Waals surface area contributed by atoms with Crippen LogP contribution in [-0.2, 0) is 22.4 Å². The average molecular weight is 342 g/mol. The first-order chi connectivity index (χ1) is 12.1. The summed E-state index contributed by atoms with van der Waals surface area (Å²) in [4.78, 5) is 18.8. The number of pyridine rings is 1. The number of nitrogens with zero attached hydrogens (tertiary/aromatic N) is 2. The van der Waals surface area contributed by atoms with Crippen molar-refractivity contribution in [2.45, 2.75) is 56.8 Å². The van der Waals surface area contributed by atoms with E-state index in [4.69, 9.17) is 9.47 Å². The van der Waals surface area contributed by atoms with Gasteiger partial charge in [-0.05, 0) is 62.0 Å². The summed E-state index contributed by atoms with van der Waals surface area (Å²) in [5.41, 5.74) is 2.94. The van der Waals surface area contributed by atoms with E-state index < -0.39 is 0 Å². The Morgan fingerprint density at radius 1 is 1.36 bits per heavy atom.